The van der Waals surface area contributed by atoms with Gasteiger partial charge in [-0.25, -0.2) is 9.37 Å². The largest absolute Gasteiger partial charge is 0.338 e. The van der Waals surface area contributed by atoms with Gasteiger partial charge < -0.3 is 10.6 Å². The molecule has 0 aliphatic carbocycles. The van der Waals surface area contributed by atoms with E-state index in [4.69, 9.17) is 0 Å². The third-order valence-corrected chi connectivity index (χ3v) is 3.97. The van der Waals surface area contributed by atoms with Gasteiger partial charge in [-0.2, -0.15) is 0 Å². The molecule has 0 spiro atoms. The van der Waals surface area contributed by atoms with E-state index in [0.29, 0.717) is 27.2 Å². The van der Waals surface area contributed by atoms with Crippen LogP contribution in [-0.4, -0.2) is 10.9 Å². The van der Waals surface area contributed by atoms with E-state index in [1.807, 2.05) is 6.07 Å². The molecule has 0 fully saturated rings. The number of anilines is 3. The van der Waals surface area contributed by atoms with Crippen LogP contribution in [0.1, 0.15) is 10.4 Å². The van der Waals surface area contributed by atoms with Crippen molar-refractivity contribution in [2.45, 2.75) is 0 Å². The maximum absolute atomic E-state index is 13.6. The van der Waals surface area contributed by atoms with Crippen molar-refractivity contribution in [1.29, 1.82) is 0 Å². The van der Waals surface area contributed by atoms with Crippen molar-refractivity contribution in [2.75, 3.05) is 10.6 Å². The van der Waals surface area contributed by atoms with Crippen molar-refractivity contribution in [3.8, 4) is 0 Å². The van der Waals surface area contributed by atoms with Gasteiger partial charge in [0.05, 0.1) is 23.1 Å². The summed E-state index contributed by atoms with van der Waals surface area (Å²) in [6.07, 6.45) is 1.51. The van der Waals surface area contributed by atoms with Crippen LogP contribution in [0.15, 0.2) is 71.3 Å². The quantitative estimate of drug-likeness (QED) is 0.665. The van der Waals surface area contributed by atoms with Crippen LogP contribution in [0.3, 0.4) is 0 Å². The Kier molecular flexibility index (Phi) is 4.86. The normalized spacial score (nSPS) is 10.2. The van der Waals surface area contributed by atoms with Crippen LogP contribution in [0.4, 0.5) is 21.6 Å². The van der Waals surface area contributed by atoms with Crippen molar-refractivity contribution in [2.24, 2.45) is 0 Å². The van der Waals surface area contributed by atoms with Gasteiger partial charge in [-0.1, -0.05) is 24.3 Å². The predicted molar refractivity (Wildman–Crippen MR) is 96.0 cm³/mol. The van der Waals surface area contributed by atoms with Gasteiger partial charge in [-0.15, -0.1) is 0 Å². The maximum Gasteiger partial charge on any atom is 0.256 e. The smallest absolute Gasteiger partial charge is 0.256 e. The average molecular weight is 386 g/mol. The number of aromatic nitrogens is 1. The molecule has 1 heterocycles. The van der Waals surface area contributed by atoms with E-state index in [-0.39, 0.29) is 11.7 Å². The third kappa shape index (κ3) is 3.78. The minimum atomic E-state index is -0.356. The molecule has 0 atom stereocenters. The summed E-state index contributed by atoms with van der Waals surface area (Å²) in [5.74, 6) is -0.108. The number of pyridine rings is 1. The van der Waals surface area contributed by atoms with Crippen molar-refractivity contribution in [3.05, 3.63) is 82.7 Å². The summed E-state index contributed by atoms with van der Waals surface area (Å²) in [5.41, 5.74) is 1.43. The summed E-state index contributed by atoms with van der Waals surface area (Å²) in [4.78, 5) is 16.4. The second-order valence-corrected chi connectivity index (χ2v) is 5.83. The fourth-order valence-corrected chi connectivity index (χ4v) is 2.55. The first-order valence-electron chi connectivity index (χ1n) is 7.17. The van der Waals surface area contributed by atoms with E-state index in [1.54, 1.807) is 48.5 Å². The lowest BCUT2D eigenvalue weighted by atomic mass is 10.2. The van der Waals surface area contributed by atoms with Gasteiger partial charge in [0, 0.05) is 4.47 Å². The van der Waals surface area contributed by atoms with E-state index < -0.39 is 0 Å². The molecule has 3 aromatic rings. The predicted octanol–water partition coefficient (Wildman–Crippen LogP) is 4.98. The maximum atomic E-state index is 13.6. The summed E-state index contributed by atoms with van der Waals surface area (Å²) < 4.78 is 14.3. The number of hydrogen-bond donors (Lipinski definition) is 2. The van der Waals surface area contributed by atoms with E-state index >= 15 is 0 Å². The zero-order valence-electron chi connectivity index (χ0n) is 12.5. The molecule has 120 valence electrons. The van der Waals surface area contributed by atoms with Crippen LogP contribution < -0.4 is 10.6 Å². The molecule has 0 aliphatic rings. The molecule has 6 heteroatoms. The molecule has 24 heavy (non-hydrogen) atoms. The standard InChI is InChI=1S/C18H13BrFN3O/c19-14-6-2-1-5-13(14)18(24)22-12-9-10-17(21-11-12)23-16-8-4-3-7-15(16)20/h1-11H,(H,21,23)(H,22,24). The van der Waals surface area contributed by atoms with E-state index in [9.17, 15) is 9.18 Å². The molecule has 1 aromatic heterocycles. The minimum Gasteiger partial charge on any atom is -0.338 e. The fourth-order valence-electron chi connectivity index (χ4n) is 2.09. The molecule has 0 bridgehead atoms. The Morgan fingerprint density at radius 1 is 1.00 bits per heavy atom. The summed E-state index contributed by atoms with van der Waals surface area (Å²) in [6, 6.07) is 16.9. The molecule has 0 saturated carbocycles. The van der Waals surface area contributed by atoms with E-state index in [2.05, 4.69) is 31.5 Å². The van der Waals surface area contributed by atoms with E-state index in [1.165, 1.54) is 12.3 Å². The molecular formula is C18H13BrFN3O. The molecule has 2 aromatic carbocycles. The lowest BCUT2D eigenvalue weighted by Crippen LogP contribution is -2.12. The van der Waals surface area contributed by atoms with Crippen molar-refractivity contribution in [3.63, 3.8) is 0 Å². The Balaban J connectivity index is 1.70. The van der Waals surface area contributed by atoms with Gasteiger partial charge in [0.1, 0.15) is 11.6 Å². The number of amides is 1. The highest BCUT2D eigenvalue weighted by Gasteiger charge is 2.09. The number of hydrogen-bond acceptors (Lipinski definition) is 3. The second-order valence-electron chi connectivity index (χ2n) is 4.97. The average Bonchev–Trinajstić information content (AvgIpc) is 2.59. The molecule has 0 radical (unpaired) electrons. The first-order valence-corrected chi connectivity index (χ1v) is 7.96. The lowest BCUT2D eigenvalue weighted by molar-refractivity contribution is 0.102. The Morgan fingerprint density at radius 2 is 1.75 bits per heavy atom. The Labute approximate surface area is 146 Å². The molecule has 0 unspecified atom stereocenters. The van der Waals surface area contributed by atoms with Crippen molar-refractivity contribution >= 4 is 39.0 Å². The number of para-hydroxylation sites is 1. The van der Waals surface area contributed by atoms with Crippen LogP contribution in [0, 0.1) is 5.82 Å². The highest BCUT2D eigenvalue weighted by Crippen LogP contribution is 2.20. The Bertz CT molecular complexity index is 868. The number of nitrogens with zero attached hydrogens (tertiary/aromatic N) is 1. The van der Waals surface area contributed by atoms with Gasteiger partial charge in [-0.3, -0.25) is 4.79 Å². The van der Waals surface area contributed by atoms with Crippen LogP contribution in [0.5, 0.6) is 0 Å². The number of carbonyl (C=O) groups is 1. The third-order valence-electron chi connectivity index (χ3n) is 3.28. The lowest BCUT2D eigenvalue weighted by Gasteiger charge is -2.09. The van der Waals surface area contributed by atoms with Gasteiger partial charge in [0.15, 0.2) is 0 Å². The highest BCUT2D eigenvalue weighted by atomic mass is 79.9. The van der Waals surface area contributed by atoms with Gasteiger partial charge in [0.2, 0.25) is 0 Å². The van der Waals surface area contributed by atoms with Crippen LogP contribution in [0.25, 0.3) is 0 Å². The first kappa shape index (κ1) is 16.1. The molecule has 3 rings (SSSR count). The highest BCUT2D eigenvalue weighted by molar-refractivity contribution is 9.10. The Hall–Kier alpha value is -2.73. The number of benzene rings is 2. The summed E-state index contributed by atoms with van der Waals surface area (Å²) in [6.45, 7) is 0. The zero-order valence-corrected chi connectivity index (χ0v) is 14.0. The summed E-state index contributed by atoms with van der Waals surface area (Å²) >= 11 is 3.34. The molecule has 0 aliphatic heterocycles. The molecular weight excluding hydrogens is 373 g/mol. The molecule has 2 N–H and O–H groups in total. The van der Waals surface area contributed by atoms with Crippen LogP contribution in [-0.2, 0) is 0 Å². The van der Waals surface area contributed by atoms with Crippen molar-refractivity contribution in [1.82, 2.24) is 4.98 Å². The molecule has 1 amide bonds. The van der Waals surface area contributed by atoms with Crippen LogP contribution >= 0.6 is 15.9 Å². The number of nitrogens with one attached hydrogen (secondary N) is 2. The van der Waals surface area contributed by atoms with Gasteiger partial charge >= 0.3 is 0 Å². The topological polar surface area (TPSA) is 54.0 Å². The zero-order chi connectivity index (χ0) is 16.9. The second kappa shape index (κ2) is 7.23. The number of halogens is 2. The molecule has 4 nitrogen and oxygen atoms in total. The fraction of sp³-hybridized carbons (Fsp3) is 0. The summed E-state index contributed by atoms with van der Waals surface area (Å²) in [5, 5.41) is 5.66. The minimum absolute atomic E-state index is 0.237. The van der Waals surface area contributed by atoms with Crippen LogP contribution in [0.2, 0.25) is 0 Å². The van der Waals surface area contributed by atoms with Gasteiger partial charge in [0.25, 0.3) is 5.91 Å². The van der Waals surface area contributed by atoms with Gasteiger partial charge in [-0.05, 0) is 52.3 Å². The molecule has 0 saturated heterocycles. The van der Waals surface area contributed by atoms with Crippen molar-refractivity contribution < 1.29 is 9.18 Å². The first-order chi connectivity index (χ1) is 11.6. The SMILES string of the molecule is O=C(Nc1ccc(Nc2ccccc2F)nc1)c1ccccc1Br. The number of carbonyl (C=O) groups excluding carboxylic acids is 1. The number of rotatable bonds is 4. The Morgan fingerprint density at radius 3 is 2.46 bits per heavy atom. The van der Waals surface area contributed by atoms with E-state index in [0.717, 1.165) is 0 Å². The summed E-state index contributed by atoms with van der Waals surface area (Å²) in [7, 11) is 0. The monoisotopic (exact) mass is 385 g/mol.